The van der Waals surface area contributed by atoms with Crippen molar-refractivity contribution in [1.82, 2.24) is 4.98 Å². The number of anilines is 1. The fourth-order valence-corrected chi connectivity index (χ4v) is 2.03. The number of benzene rings is 1. The molecule has 0 bridgehead atoms. The Morgan fingerprint density at radius 3 is 2.62 bits per heavy atom. The molecule has 2 rings (SSSR count). The van der Waals surface area contributed by atoms with Crippen molar-refractivity contribution in [3.05, 3.63) is 54.2 Å². The number of pyridine rings is 1. The fourth-order valence-electron chi connectivity index (χ4n) is 2.03. The molecule has 1 atom stereocenters. The third-order valence-electron chi connectivity index (χ3n) is 2.95. The Morgan fingerprint density at radius 2 is 1.95 bits per heavy atom. The third-order valence-corrected chi connectivity index (χ3v) is 2.95. The van der Waals surface area contributed by atoms with Crippen LogP contribution >= 0.6 is 0 Å². The number of ether oxygens (including phenoxy) is 1. The highest BCUT2D eigenvalue weighted by atomic mass is 16.5. The largest absolute Gasteiger partial charge is 0.473 e. The highest BCUT2D eigenvalue weighted by Crippen LogP contribution is 2.28. The quantitative estimate of drug-likeness (QED) is 0.871. The molecule has 4 heteroatoms. The number of nitrogens with zero attached hydrogens (tertiary/aromatic N) is 2. The molecule has 0 aliphatic heterocycles. The maximum Gasteiger partial charge on any atom is 0.237 e. The number of nitrogens with one attached hydrogen (secondary N) is 1. The first-order valence-electron chi connectivity index (χ1n) is 7.01. The van der Waals surface area contributed by atoms with Gasteiger partial charge in [-0.25, -0.2) is 4.98 Å². The summed E-state index contributed by atoms with van der Waals surface area (Å²) in [5, 5.41) is 12.4. The van der Waals surface area contributed by atoms with Crippen molar-refractivity contribution in [3.63, 3.8) is 0 Å². The second-order valence-electron chi connectivity index (χ2n) is 4.99. The zero-order chi connectivity index (χ0) is 15.1. The minimum absolute atomic E-state index is 0.0478. The summed E-state index contributed by atoms with van der Waals surface area (Å²) in [6.45, 7) is 3.92. The topological polar surface area (TPSA) is 57.9 Å². The molecular formula is C17H19N3O. The van der Waals surface area contributed by atoms with E-state index in [0.29, 0.717) is 12.3 Å². The Bertz CT molecular complexity index is 605. The van der Waals surface area contributed by atoms with E-state index >= 15 is 0 Å². The number of hydrogen-bond donors (Lipinski definition) is 1. The van der Waals surface area contributed by atoms with Gasteiger partial charge in [0.15, 0.2) is 0 Å². The Hall–Kier alpha value is -2.54. The van der Waals surface area contributed by atoms with Crippen LogP contribution < -0.4 is 10.1 Å². The minimum Gasteiger partial charge on any atom is -0.473 e. The molecule has 1 aromatic heterocycles. The smallest absolute Gasteiger partial charge is 0.237 e. The van der Waals surface area contributed by atoms with Gasteiger partial charge in [-0.15, -0.1) is 0 Å². The van der Waals surface area contributed by atoms with Crippen LogP contribution in [0.3, 0.4) is 0 Å². The molecule has 1 unspecified atom stereocenters. The van der Waals surface area contributed by atoms with Crippen LogP contribution in [0.1, 0.15) is 31.9 Å². The second kappa shape index (κ2) is 7.30. The first-order valence-corrected chi connectivity index (χ1v) is 7.01. The summed E-state index contributed by atoms with van der Waals surface area (Å²) < 4.78 is 5.70. The number of nitriles is 1. The van der Waals surface area contributed by atoms with Crippen molar-refractivity contribution in [2.45, 2.75) is 32.4 Å². The third kappa shape index (κ3) is 4.22. The highest BCUT2D eigenvalue weighted by Gasteiger charge is 2.14. The molecule has 21 heavy (non-hydrogen) atoms. The average molecular weight is 281 g/mol. The molecule has 4 nitrogen and oxygen atoms in total. The van der Waals surface area contributed by atoms with Crippen LogP contribution in [0, 0.1) is 11.3 Å². The van der Waals surface area contributed by atoms with Gasteiger partial charge in [0, 0.05) is 6.20 Å². The normalized spacial score (nSPS) is 11.7. The lowest BCUT2D eigenvalue weighted by Crippen LogP contribution is -2.14. The maximum absolute atomic E-state index is 9.05. The maximum atomic E-state index is 9.05. The summed E-state index contributed by atoms with van der Waals surface area (Å²) in [4.78, 5) is 4.26. The summed E-state index contributed by atoms with van der Waals surface area (Å²) in [6, 6.07) is 15.8. The van der Waals surface area contributed by atoms with Gasteiger partial charge in [0.2, 0.25) is 5.88 Å². The van der Waals surface area contributed by atoms with Crippen molar-refractivity contribution in [1.29, 1.82) is 5.26 Å². The zero-order valence-corrected chi connectivity index (χ0v) is 12.3. The molecule has 1 N–H and O–H groups in total. The van der Waals surface area contributed by atoms with Gasteiger partial charge in [-0.2, -0.15) is 5.26 Å². The number of hydrogen-bond acceptors (Lipinski definition) is 4. The van der Waals surface area contributed by atoms with Crippen molar-refractivity contribution < 1.29 is 4.74 Å². The van der Waals surface area contributed by atoms with E-state index in [9.17, 15) is 0 Å². The van der Waals surface area contributed by atoms with E-state index in [4.69, 9.17) is 10.00 Å². The summed E-state index contributed by atoms with van der Waals surface area (Å²) >= 11 is 0. The molecule has 0 fully saturated rings. The number of rotatable bonds is 6. The van der Waals surface area contributed by atoms with Crippen molar-refractivity contribution >= 4 is 5.69 Å². The van der Waals surface area contributed by atoms with Gasteiger partial charge < -0.3 is 10.1 Å². The van der Waals surface area contributed by atoms with Gasteiger partial charge in [0.1, 0.15) is 0 Å². The summed E-state index contributed by atoms with van der Waals surface area (Å²) in [6.07, 6.45) is 2.12. The summed E-state index contributed by atoms with van der Waals surface area (Å²) in [5.41, 5.74) is 1.87. The van der Waals surface area contributed by atoms with Gasteiger partial charge in [-0.1, -0.05) is 30.3 Å². The van der Waals surface area contributed by atoms with E-state index in [1.807, 2.05) is 56.3 Å². The average Bonchev–Trinajstić information content (AvgIpc) is 2.49. The van der Waals surface area contributed by atoms with Crippen LogP contribution in [-0.4, -0.2) is 11.1 Å². The van der Waals surface area contributed by atoms with Crippen molar-refractivity contribution in [2.24, 2.45) is 0 Å². The van der Waals surface area contributed by atoms with E-state index in [2.05, 4.69) is 16.4 Å². The van der Waals surface area contributed by atoms with Crippen molar-refractivity contribution in [3.8, 4) is 11.9 Å². The predicted molar refractivity (Wildman–Crippen MR) is 83.0 cm³/mol. The molecule has 0 aliphatic rings. The molecule has 0 saturated carbocycles. The van der Waals surface area contributed by atoms with Gasteiger partial charge >= 0.3 is 0 Å². The van der Waals surface area contributed by atoms with Crippen LogP contribution in [0.5, 0.6) is 5.88 Å². The SMILES string of the molecule is CC(C)Oc1ncccc1NC(CC#N)c1ccccc1. The van der Waals surface area contributed by atoms with Gasteiger partial charge in [0.05, 0.1) is 30.3 Å². The van der Waals surface area contributed by atoms with Crippen LogP contribution in [0.25, 0.3) is 0 Å². The first kappa shape index (κ1) is 14.9. The van der Waals surface area contributed by atoms with E-state index in [0.717, 1.165) is 11.3 Å². The Morgan fingerprint density at radius 1 is 1.19 bits per heavy atom. The van der Waals surface area contributed by atoms with E-state index in [1.54, 1.807) is 6.20 Å². The molecule has 1 heterocycles. The molecule has 0 amide bonds. The molecule has 108 valence electrons. The van der Waals surface area contributed by atoms with Gasteiger partial charge in [-0.3, -0.25) is 0 Å². The zero-order valence-electron chi connectivity index (χ0n) is 12.3. The predicted octanol–water partition coefficient (Wildman–Crippen LogP) is 3.94. The van der Waals surface area contributed by atoms with E-state index in [1.165, 1.54) is 0 Å². The molecular weight excluding hydrogens is 262 g/mol. The first-order chi connectivity index (χ1) is 10.2. The molecule has 0 radical (unpaired) electrons. The second-order valence-corrected chi connectivity index (χ2v) is 4.99. The van der Waals surface area contributed by atoms with Crippen LogP contribution in [-0.2, 0) is 0 Å². The molecule has 0 aliphatic carbocycles. The Balaban J connectivity index is 2.24. The van der Waals surface area contributed by atoms with E-state index < -0.39 is 0 Å². The summed E-state index contributed by atoms with van der Waals surface area (Å²) in [7, 11) is 0. The lowest BCUT2D eigenvalue weighted by Gasteiger charge is -2.20. The number of aromatic nitrogens is 1. The lowest BCUT2D eigenvalue weighted by molar-refractivity contribution is 0.234. The molecule has 0 saturated heterocycles. The van der Waals surface area contributed by atoms with Crippen LogP contribution in [0.4, 0.5) is 5.69 Å². The standard InChI is InChI=1S/C17H19N3O/c1-13(2)21-17-16(9-6-12-19-17)20-15(10-11-18)14-7-4-3-5-8-14/h3-9,12-13,15,20H,10H2,1-2H3. The lowest BCUT2D eigenvalue weighted by atomic mass is 10.0. The van der Waals surface area contributed by atoms with Crippen LogP contribution in [0.15, 0.2) is 48.7 Å². The molecule has 1 aromatic carbocycles. The van der Waals surface area contributed by atoms with E-state index in [-0.39, 0.29) is 12.1 Å². The fraction of sp³-hybridized carbons (Fsp3) is 0.294. The minimum atomic E-state index is -0.0880. The molecule has 2 aromatic rings. The molecule has 0 spiro atoms. The summed E-state index contributed by atoms with van der Waals surface area (Å²) in [5.74, 6) is 0.561. The monoisotopic (exact) mass is 281 g/mol. The Labute approximate surface area is 125 Å². The van der Waals surface area contributed by atoms with Crippen LogP contribution in [0.2, 0.25) is 0 Å². The Kier molecular flexibility index (Phi) is 5.16. The highest BCUT2D eigenvalue weighted by molar-refractivity contribution is 5.54. The van der Waals surface area contributed by atoms with Gasteiger partial charge in [-0.05, 0) is 31.5 Å². The van der Waals surface area contributed by atoms with Crippen molar-refractivity contribution in [2.75, 3.05) is 5.32 Å². The van der Waals surface area contributed by atoms with Gasteiger partial charge in [0.25, 0.3) is 0 Å².